The Morgan fingerprint density at radius 1 is 1.16 bits per heavy atom. The first-order valence-electron chi connectivity index (χ1n) is 5.29. The predicted octanol–water partition coefficient (Wildman–Crippen LogP) is 3.65. The molecule has 0 saturated heterocycles. The minimum absolute atomic E-state index is 0.135. The Morgan fingerprint density at radius 2 is 1.79 bits per heavy atom. The number of alkyl halides is 3. The molecule has 0 bridgehead atoms. The van der Waals surface area contributed by atoms with Crippen LogP contribution in [0.5, 0.6) is 0 Å². The molecule has 3 nitrogen and oxygen atoms in total. The maximum atomic E-state index is 12.2. The molecule has 1 aromatic heterocycles. The standard InChI is InChI=1S/C12H9ClF3N3/c13-10-3-9(5-19-6-10)4-11(7-17,8-18)1-2-12(14,15)16/h3,5-6H,1-2,4H2. The molecule has 7 heteroatoms. The third-order valence-corrected chi connectivity index (χ3v) is 2.74. The summed E-state index contributed by atoms with van der Waals surface area (Å²) in [6, 6.07) is 4.83. The van der Waals surface area contributed by atoms with Crippen molar-refractivity contribution in [3.8, 4) is 12.1 Å². The van der Waals surface area contributed by atoms with Crippen molar-refractivity contribution in [2.45, 2.75) is 25.4 Å². The zero-order chi connectivity index (χ0) is 14.5. The molecule has 0 radical (unpaired) electrons. The second-order valence-electron chi connectivity index (χ2n) is 4.11. The molecular weight excluding hydrogens is 279 g/mol. The molecule has 0 amide bonds. The van der Waals surface area contributed by atoms with Crippen LogP contribution in [0.15, 0.2) is 18.5 Å². The molecule has 0 unspecified atom stereocenters. The lowest BCUT2D eigenvalue weighted by atomic mass is 9.80. The van der Waals surface area contributed by atoms with Gasteiger partial charge in [0.25, 0.3) is 0 Å². The monoisotopic (exact) mass is 287 g/mol. The fraction of sp³-hybridized carbons (Fsp3) is 0.417. The Morgan fingerprint density at radius 3 is 2.26 bits per heavy atom. The van der Waals surface area contributed by atoms with Crippen LogP contribution >= 0.6 is 11.6 Å². The van der Waals surface area contributed by atoms with Crippen LogP contribution in [-0.4, -0.2) is 11.2 Å². The van der Waals surface area contributed by atoms with Gasteiger partial charge in [0.15, 0.2) is 0 Å². The van der Waals surface area contributed by atoms with Crippen LogP contribution in [0.4, 0.5) is 13.2 Å². The summed E-state index contributed by atoms with van der Waals surface area (Å²) >= 11 is 5.70. The summed E-state index contributed by atoms with van der Waals surface area (Å²) in [5.41, 5.74) is -1.26. The maximum absolute atomic E-state index is 12.2. The third kappa shape index (κ3) is 4.76. The van der Waals surface area contributed by atoms with Gasteiger partial charge in [0.2, 0.25) is 0 Å². The number of pyridine rings is 1. The topological polar surface area (TPSA) is 60.5 Å². The van der Waals surface area contributed by atoms with E-state index in [1.54, 1.807) is 12.1 Å². The molecule has 1 aromatic rings. The highest BCUT2D eigenvalue weighted by molar-refractivity contribution is 6.30. The van der Waals surface area contributed by atoms with E-state index in [-0.39, 0.29) is 6.42 Å². The molecule has 0 atom stereocenters. The Kier molecular flexibility index (Phi) is 4.74. The number of nitriles is 2. The molecule has 0 saturated carbocycles. The van der Waals surface area contributed by atoms with E-state index in [0.29, 0.717) is 10.6 Å². The van der Waals surface area contributed by atoms with Crippen molar-refractivity contribution in [1.82, 2.24) is 4.98 Å². The van der Waals surface area contributed by atoms with Crippen molar-refractivity contribution in [3.63, 3.8) is 0 Å². The number of halogens is 4. The van der Waals surface area contributed by atoms with Crippen molar-refractivity contribution >= 4 is 11.6 Å². The summed E-state index contributed by atoms with van der Waals surface area (Å²) in [4.78, 5) is 3.77. The molecule has 19 heavy (non-hydrogen) atoms. The summed E-state index contributed by atoms with van der Waals surface area (Å²) in [7, 11) is 0. The molecule has 100 valence electrons. The largest absolute Gasteiger partial charge is 0.389 e. The zero-order valence-electron chi connectivity index (χ0n) is 9.71. The Bertz CT molecular complexity index is 514. The van der Waals surface area contributed by atoms with Crippen molar-refractivity contribution in [1.29, 1.82) is 10.5 Å². The fourth-order valence-corrected chi connectivity index (χ4v) is 1.76. The molecule has 0 spiro atoms. The first-order chi connectivity index (χ1) is 8.80. The third-order valence-electron chi connectivity index (χ3n) is 2.53. The summed E-state index contributed by atoms with van der Waals surface area (Å²) in [6.07, 6.45) is -3.54. The van der Waals surface area contributed by atoms with E-state index in [2.05, 4.69) is 4.98 Å². The lowest BCUT2D eigenvalue weighted by Crippen LogP contribution is -2.23. The molecule has 0 aliphatic heterocycles. The van der Waals surface area contributed by atoms with Gasteiger partial charge in [-0.2, -0.15) is 23.7 Å². The number of hydrogen-bond acceptors (Lipinski definition) is 3. The van der Waals surface area contributed by atoms with Crippen LogP contribution in [0, 0.1) is 28.1 Å². The highest BCUT2D eigenvalue weighted by Crippen LogP contribution is 2.33. The van der Waals surface area contributed by atoms with Gasteiger partial charge >= 0.3 is 6.18 Å². The Hall–Kier alpha value is -1.79. The molecule has 0 fully saturated rings. The molecule has 1 rings (SSSR count). The molecule has 0 aromatic carbocycles. The van der Waals surface area contributed by atoms with E-state index in [0.717, 1.165) is 0 Å². The number of nitrogens with zero attached hydrogens (tertiary/aromatic N) is 3. The van der Waals surface area contributed by atoms with Crippen molar-refractivity contribution < 1.29 is 13.2 Å². The lowest BCUT2D eigenvalue weighted by molar-refractivity contribution is -0.138. The first-order valence-corrected chi connectivity index (χ1v) is 5.67. The average Bonchev–Trinajstić information content (AvgIpc) is 2.34. The summed E-state index contributed by atoms with van der Waals surface area (Å²) < 4.78 is 36.6. The minimum atomic E-state index is -4.40. The van der Waals surface area contributed by atoms with Crippen LogP contribution in [0.1, 0.15) is 18.4 Å². The molecule has 1 heterocycles. The van der Waals surface area contributed by atoms with E-state index >= 15 is 0 Å². The molecule has 0 aliphatic rings. The molecule has 0 aliphatic carbocycles. The van der Waals surface area contributed by atoms with Crippen LogP contribution in [0.25, 0.3) is 0 Å². The summed E-state index contributed by atoms with van der Waals surface area (Å²) in [6.45, 7) is 0. The average molecular weight is 288 g/mol. The highest BCUT2D eigenvalue weighted by Gasteiger charge is 2.37. The number of rotatable bonds is 4. The number of hydrogen-bond donors (Lipinski definition) is 0. The smallest absolute Gasteiger partial charge is 0.263 e. The van der Waals surface area contributed by atoms with Crippen LogP contribution in [0.3, 0.4) is 0 Å². The van der Waals surface area contributed by atoms with Gasteiger partial charge in [0, 0.05) is 25.2 Å². The Balaban J connectivity index is 2.89. The molecular formula is C12H9ClF3N3. The Labute approximate surface area is 113 Å². The van der Waals surface area contributed by atoms with E-state index in [9.17, 15) is 13.2 Å². The SMILES string of the molecule is N#CC(C#N)(CCC(F)(F)F)Cc1cncc(Cl)c1. The highest BCUT2D eigenvalue weighted by atomic mass is 35.5. The van der Waals surface area contributed by atoms with E-state index in [4.69, 9.17) is 22.1 Å². The van der Waals surface area contributed by atoms with E-state index < -0.39 is 24.4 Å². The lowest BCUT2D eigenvalue weighted by Gasteiger charge is -2.19. The minimum Gasteiger partial charge on any atom is -0.263 e. The summed E-state index contributed by atoms with van der Waals surface area (Å²) in [5.74, 6) is 0. The fourth-order valence-electron chi connectivity index (χ4n) is 1.56. The van der Waals surface area contributed by atoms with Gasteiger partial charge in [0.1, 0.15) is 5.41 Å². The van der Waals surface area contributed by atoms with Gasteiger partial charge < -0.3 is 0 Å². The van der Waals surface area contributed by atoms with Gasteiger partial charge in [-0.25, -0.2) is 0 Å². The normalized spacial score (nSPS) is 11.7. The van der Waals surface area contributed by atoms with Gasteiger partial charge in [-0.05, 0) is 18.1 Å². The second-order valence-corrected chi connectivity index (χ2v) is 4.55. The van der Waals surface area contributed by atoms with Crippen molar-refractivity contribution in [2.24, 2.45) is 5.41 Å². The van der Waals surface area contributed by atoms with Gasteiger partial charge in [-0.15, -0.1) is 0 Å². The second kappa shape index (κ2) is 5.90. The van der Waals surface area contributed by atoms with Gasteiger partial charge in [0.05, 0.1) is 17.2 Å². The van der Waals surface area contributed by atoms with Crippen LogP contribution < -0.4 is 0 Å². The predicted molar refractivity (Wildman–Crippen MR) is 61.9 cm³/mol. The quantitative estimate of drug-likeness (QED) is 0.849. The van der Waals surface area contributed by atoms with Crippen LogP contribution in [-0.2, 0) is 6.42 Å². The van der Waals surface area contributed by atoms with E-state index in [1.807, 2.05) is 0 Å². The molecule has 0 N–H and O–H groups in total. The first kappa shape index (κ1) is 15.3. The summed E-state index contributed by atoms with van der Waals surface area (Å²) in [5, 5.41) is 18.3. The van der Waals surface area contributed by atoms with Crippen molar-refractivity contribution in [3.05, 3.63) is 29.0 Å². The zero-order valence-corrected chi connectivity index (χ0v) is 10.5. The van der Waals surface area contributed by atoms with E-state index in [1.165, 1.54) is 18.5 Å². The van der Waals surface area contributed by atoms with Gasteiger partial charge in [-0.3, -0.25) is 4.98 Å². The maximum Gasteiger partial charge on any atom is 0.389 e. The van der Waals surface area contributed by atoms with Crippen LogP contribution in [0.2, 0.25) is 5.02 Å². The van der Waals surface area contributed by atoms with Gasteiger partial charge in [-0.1, -0.05) is 11.6 Å². The number of aromatic nitrogens is 1. The van der Waals surface area contributed by atoms with Crippen molar-refractivity contribution in [2.75, 3.05) is 0 Å².